The SMILES string of the molecule is Cn1cc(-c2cn3nccc3c(-c3ccc(N4CC[C@@H](CN)C4)nc3)n2)cn1. The topological polar surface area (TPSA) is 90.2 Å². The molecule has 4 aromatic heterocycles. The van der Waals surface area contributed by atoms with E-state index in [-0.39, 0.29) is 0 Å². The molecular formula is C20H22N8. The Kier molecular flexibility index (Phi) is 4.05. The molecule has 0 radical (unpaired) electrons. The van der Waals surface area contributed by atoms with Gasteiger partial charge in [-0.25, -0.2) is 14.5 Å². The fourth-order valence-electron chi connectivity index (χ4n) is 3.78. The lowest BCUT2D eigenvalue weighted by atomic mass is 10.1. The summed E-state index contributed by atoms with van der Waals surface area (Å²) >= 11 is 0. The highest BCUT2D eigenvalue weighted by Gasteiger charge is 2.22. The molecular weight excluding hydrogens is 352 g/mol. The lowest BCUT2D eigenvalue weighted by molar-refractivity contribution is 0.602. The Morgan fingerprint density at radius 2 is 2.04 bits per heavy atom. The first-order valence-corrected chi connectivity index (χ1v) is 9.46. The third kappa shape index (κ3) is 2.91. The highest BCUT2D eigenvalue weighted by molar-refractivity contribution is 5.78. The van der Waals surface area contributed by atoms with Gasteiger partial charge in [-0.3, -0.25) is 4.68 Å². The fourth-order valence-corrected chi connectivity index (χ4v) is 3.78. The van der Waals surface area contributed by atoms with Crippen LogP contribution in [0.25, 0.3) is 28.0 Å². The van der Waals surface area contributed by atoms with Crippen LogP contribution in [0, 0.1) is 5.92 Å². The van der Waals surface area contributed by atoms with E-state index in [1.807, 2.05) is 42.4 Å². The summed E-state index contributed by atoms with van der Waals surface area (Å²) in [6, 6.07) is 6.12. The molecule has 8 nitrogen and oxygen atoms in total. The molecule has 0 saturated carbocycles. The van der Waals surface area contributed by atoms with Gasteiger partial charge in [-0.2, -0.15) is 10.2 Å². The number of fused-ring (bicyclic) bond motifs is 1. The Hall–Kier alpha value is -3.26. The maximum atomic E-state index is 5.81. The largest absolute Gasteiger partial charge is 0.356 e. The number of nitrogens with two attached hydrogens (primary N) is 1. The smallest absolute Gasteiger partial charge is 0.128 e. The molecule has 2 N–H and O–H groups in total. The maximum Gasteiger partial charge on any atom is 0.128 e. The second kappa shape index (κ2) is 6.72. The summed E-state index contributed by atoms with van der Waals surface area (Å²) in [5.74, 6) is 1.55. The zero-order valence-electron chi connectivity index (χ0n) is 15.7. The molecule has 1 fully saturated rings. The first-order chi connectivity index (χ1) is 13.7. The number of aryl methyl sites for hydroxylation is 1. The molecule has 0 spiro atoms. The van der Waals surface area contributed by atoms with Crippen LogP contribution in [0.1, 0.15) is 6.42 Å². The summed E-state index contributed by atoms with van der Waals surface area (Å²) in [6.45, 7) is 2.72. The van der Waals surface area contributed by atoms with Crippen LogP contribution in [-0.4, -0.2) is 49.0 Å². The van der Waals surface area contributed by atoms with Crippen molar-refractivity contribution >= 4 is 11.3 Å². The van der Waals surface area contributed by atoms with Crippen molar-refractivity contribution in [3.8, 4) is 22.5 Å². The molecule has 1 saturated heterocycles. The van der Waals surface area contributed by atoms with Crippen molar-refractivity contribution in [2.45, 2.75) is 6.42 Å². The molecule has 5 rings (SSSR count). The van der Waals surface area contributed by atoms with Gasteiger partial charge in [0.25, 0.3) is 0 Å². The summed E-state index contributed by atoms with van der Waals surface area (Å²) in [4.78, 5) is 11.9. The summed E-state index contributed by atoms with van der Waals surface area (Å²) in [7, 11) is 1.90. The van der Waals surface area contributed by atoms with Crippen LogP contribution < -0.4 is 10.6 Å². The van der Waals surface area contributed by atoms with Gasteiger partial charge < -0.3 is 10.6 Å². The highest BCUT2D eigenvalue weighted by atomic mass is 15.2. The predicted octanol–water partition coefficient (Wildman–Crippen LogP) is 1.98. The summed E-state index contributed by atoms with van der Waals surface area (Å²) in [5, 5.41) is 8.66. The predicted molar refractivity (Wildman–Crippen MR) is 108 cm³/mol. The van der Waals surface area contributed by atoms with Crippen molar-refractivity contribution in [2.24, 2.45) is 18.7 Å². The van der Waals surface area contributed by atoms with Crippen molar-refractivity contribution in [3.05, 3.63) is 49.2 Å². The third-order valence-electron chi connectivity index (χ3n) is 5.35. The van der Waals surface area contributed by atoms with E-state index in [2.05, 4.69) is 27.2 Å². The Labute approximate surface area is 162 Å². The quantitative estimate of drug-likeness (QED) is 0.587. The average molecular weight is 374 g/mol. The first-order valence-electron chi connectivity index (χ1n) is 9.46. The van der Waals surface area contributed by atoms with E-state index >= 15 is 0 Å². The van der Waals surface area contributed by atoms with Gasteiger partial charge in [-0.05, 0) is 37.1 Å². The van der Waals surface area contributed by atoms with Crippen molar-refractivity contribution in [1.29, 1.82) is 0 Å². The monoisotopic (exact) mass is 374 g/mol. The molecule has 28 heavy (non-hydrogen) atoms. The minimum absolute atomic E-state index is 0.561. The van der Waals surface area contributed by atoms with Gasteiger partial charge >= 0.3 is 0 Å². The lowest BCUT2D eigenvalue weighted by Gasteiger charge is -2.17. The molecule has 1 aliphatic rings. The fraction of sp³-hybridized carbons (Fsp3) is 0.300. The molecule has 8 heteroatoms. The number of anilines is 1. The Balaban J connectivity index is 1.52. The van der Waals surface area contributed by atoms with E-state index in [4.69, 9.17) is 15.7 Å². The minimum Gasteiger partial charge on any atom is -0.356 e. The van der Waals surface area contributed by atoms with E-state index in [0.29, 0.717) is 5.92 Å². The third-order valence-corrected chi connectivity index (χ3v) is 5.35. The molecule has 1 atom stereocenters. The van der Waals surface area contributed by atoms with Crippen molar-refractivity contribution < 1.29 is 0 Å². The zero-order chi connectivity index (χ0) is 19.1. The van der Waals surface area contributed by atoms with Gasteiger partial charge in [0, 0.05) is 43.7 Å². The Morgan fingerprint density at radius 3 is 2.75 bits per heavy atom. The molecule has 4 aromatic rings. The first kappa shape index (κ1) is 16.9. The second-order valence-electron chi connectivity index (χ2n) is 7.28. The van der Waals surface area contributed by atoms with Gasteiger partial charge in [0.15, 0.2) is 0 Å². The van der Waals surface area contributed by atoms with Crippen molar-refractivity contribution in [1.82, 2.24) is 29.4 Å². The number of pyridine rings is 1. The standard InChI is InChI=1S/C20H22N8/c1-26-12-16(10-24-26)17-13-28-18(4-6-23-28)20(25-17)15-2-3-19(22-9-15)27-7-5-14(8-21)11-27/h2-4,6,9-10,12-14H,5,7-8,11,21H2,1H3/t14-/m0/s1. The van der Waals surface area contributed by atoms with Gasteiger partial charge in [0.1, 0.15) is 5.82 Å². The zero-order valence-corrected chi connectivity index (χ0v) is 15.7. The second-order valence-corrected chi connectivity index (χ2v) is 7.28. The number of rotatable bonds is 4. The highest BCUT2D eigenvalue weighted by Crippen LogP contribution is 2.28. The molecule has 0 amide bonds. The lowest BCUT2D eigenvalue weighted by Crippen LogP contribution is -2.23. The number of nitrogens with zero attached hydrogens (tertiary/aromatic N) is 7. The minimum atomic E-state index is 0.561. The Bertz CT molecular complexity index is 1110. The van der Waals surface area contributed by atoms with Crippen LogP contribution in [0.5, 0.6) is 0 Å². The van der Waals surface area contributed by atoms with Crippen LogP contribution >= 0.6 is 0 Å². The van der Waals surface area contributed by atoms with Crippen molar-refractivity contribution in [2.75, 3.05) is 24.5 Å². The van der Waals surface area contributed by atoms with E-state index in [1.165, 1.54) is 0 Å². The van der Waals surface area contributed by atoms with Crippen LogP contribution in [0.3, 0.4) is 0 Å². The summed E-state index contributed by atoms with van der Waals surface area (Å²) < 4.78 is 3.62. The average Bonchev–Trinajstić information content (AvgIpc) is 3.47. The molecule has 0 aromatic carbocycles. The van der Waals surface area contributed by atoms with E-state index in [9.17, 15) is 0 Å². The summed E-state index contributed by atoms with van der Waals surface area (Å²) in [6.07, 6.45) is 10.5. The van der Waals surface area contributed by atoms with Gasteiger partial charge in [-0.15, -0.1) is 0 Å². The van der Waals surface area contributed by atoms with E-state index < -0.39 is 0 Å². The van der Waals surface area contributed by atoms with Crippen molar-refractivity contribution in [3.63, 3.8) is 0 Å². The van der Waals surface area contributed by atoms with Gasteiger partial charge in [0.2, 0.25) is 0 Å². The molecule has 0 bridgehead atoms. The van der Waals surface area contributed by atoms with E-state index in [1.54, 1.807) is 10.9 Å². The number of aromatic nitrogens is 6. The molecule has 0 unspecified atom stereocenters. The number of hydrogen-bond donors (Lipinski definition) is 1. The maximum absolute atomic E-state index is 5.81. The van der Waals surface area contributed by atoms with Crippen LogP contribution in [0.4, 0.5) is 5.82 Å². The molecule has 0 aliphatic carbocycles. The van der Waals surface area contributed by atoms with E-state index in [0.717, 1.165) is 59.9 Å². The molecule has 1 aliphatic heterocycles. The molecule has 5 heterocycles. The Morgan fingerprint density at radius 1 is 1.11 bits per heavy atom. The summed E-state index contributed by atoms with van der Waals surface area (Å²) in [5.41, 5.74) is 10.4. The van der Waals surface area contributed by atoms with Crippen LogP contribution in [0.15, 0.2) is 49.2 Å². The normalized spacial score (nSPS) is 16.9. The van der Waals surface area contributed by atoms with Gasteiger partial charge in [-0.1, -0.05) is 0 Å². The van der Waals surface area contributed by atoms with Crippen LogP contribution in [-0.2, 0) is 7.05 Å². The van der Waals surface area contributed by atoms with Gasteiger partial charge in [0.05, 0.1) is 35.5 Å². The van der Waals surface area contributed by atoms with Crippen LogP contribution in [0.2, 0.25) is 0 Å². The number of hydrogen-bond acceptors (Lipinski definition) is 6. The molecule has 142 valence electrons.